The zero-order chi connectivity index (χ0) is 32.3. The lowest BCUT2D eigenvalue weighted by Gasteiger charge is -2.30. The summed E-state index contributed by atoms with van der Waals surface area (Å²) in [6.07, 6.45) is 7.13. The van der Waals surface area contributed by atoms with Crippen LogP contribution in [0.15, 0.2) is 91.3 Å². The highest BCUT2D eigenvalue weighted by molar-refractivity contribution is 6.30. The fraction of sp³-hybridized carbons (Fsp3) is 0.314. The number of hydrogen-bond donors (Lipinski definition) is 3. The lowest BCUT2D eigenvalue weighted by Crippen LogP contribution is -2.45. The SMILES string of the molecule is COC1(c2ccccc2)CC(C(=O)Nc2cc(C(N)(CCC3CC3)c3ccccn3)ccc2F)N(C(=O)Nc2ccc(Cl)cn2)C1. The highest BCUT2D eigenvalue weighted by atomic mass is 35.5. The van der Waals surface area contributed by atoms with Crippen molar-refractivity contribution in [2.75, 3.05) is 24.3 Å². The van der Waals surface area contributed by atoms with E-state index in [0.29, 0.717) is 28.6 Å². The van der Waals surface area contributed by atoms with Crippen LogP contribution in [-0.2, 0) is 20.7 Å². The molecule has 11 heteroatoms. The summed E-state index contributed by atoms with van der Waals surface area (Å²) in [5.74, 6) is -0.298. The van der Waals surface area contributed by atoms with Crippen LogP contribution in [0.1, 0.15) is 48.9 Å². The molecule has 0 radical (unpaired) electrons. The molecule has 6 rings (SSSR count). The van der Waals surface area contributed by atoms with Gasteiger partial charge >= 0.3 is 6.03 Å². The van der Waals surface area contributed by atoms with Crippen molar-refractivity contribution >= 4 is 35.0 Å². The third-order valence-corrected chi connectivity index (χ3v) is 9.27. The van der Waals surface area contributed by atoms with E-state index in [0.717, 1.165) is 12.0 Å². The van der Waals surface area contributed by atoms with Gasteiger partial charge in [-0.1, -0.05) is 66.9 Å². The summed E-state index contributed by atoms with van der Waals surface area (Å²) >= 11 is 5.96. The summed E-state index contributed by atoms with van der Waals surface area (Å²) in [5, 5.41) is 5.92. The Morgan fingerprint density at radius 3 is 2.52 bits per heavy atom. The van der Waals surface area contributed by atoms with Crippen molar-refractivity contribution in [3.8, 4) is 0 Å². The van der Waals surface area contributed by atoms with Crippen molar-refractivity contribution in [1.82, 2.24) is 14.9 Å². The highest BCUT2D eigenvalue weighted by Crippen LogP contribution is 2.41. The Hall–Kier alpha value is -4.38. The molecule has 3 atom stereocenters. The highest BCUT2D eigenvalue weighted by Gasteiger charge is 2.50. The third-order valence-electron chi connectivity index (χ3n) is 9.05. The van der Waals surface area contributed by atoms with Crippen molar-refractivity contribution in [3.63, 3.8) is 0 Å². The van der Waals surface area contributed by atoms with Crippen molar-refractivity contribution in [1.29, 1.82) is 0 Å². The van der Waals surface area contributed by atoms with E-state index in [1.54, 1.807) is 37.6 Å². The number of likely N-dealkylation sites (tertiary alicyclic amines) is 1. The van der Waals surface area contributed by atoms with E-state index in [1.165, 1.54) is 30.0 Å². The molecule has 9 nitrogen and oxygen atoms in total. The molecule has 1 saturated carbocycles. The van der Waals surface area contributed by atoms with Gasteiger partial charge in [-0.15, -0.1) is 0 Å². The Morgan fingerprint density at radius 1 is 1.07 bits per heavy atom. The third kappa shape index (κ3) is 6.60. The molecule has 2 fully saturated rings. The standard InChI is InChI=1S/C35H36ClFN6O3/c1-46-34(24-7-3-2-4-8-24)20-29(43(22-34)33(45)42-31-15-13-26(36)21-40-31)32(44)41-28-19-25(12-14-27(28)37)35(38,17-16-23-10-11-23)30-9-5-6-18-39-30/h2-9,12-15,18-19,21,23,29H,10-11,16-17,20,22,38H2,1H3,(H,41,44)(H,40,42,45). The van der Waals surface area contributed by atoms with Gasteiger partial charge in [0, 0.05) is 25.9 Å². The van der Waals surface area contributed by atoms with Crippen molar-refractivity contribution in [2.24, 2.45) is 11.7 Å². The zero-order valence-electron chi connectivity index (χ0n) is 25.5. The predicted octanol–water partition coefficient (Wildman–Crippen LogP) is 6.45. The number of rotatable bonds is 10. The van der Waals surface area contributed by atoms with Crippen LogP contribution >= 0.6 is 11.6 Å². The van der Waals surface area contributed by atoms with Crippen molar-refractivity contribution in [3.05, 3.63) is 119 Å². The van der Waals surface area contributed by atoms with Gasteiger partial charge in [0.05, 0.1) is 28.5 Å². The number of pyridine rings is 2. The van der Waals surface area contributed by atoms with E-state index in [-0.39, 0.29) is 24.5 Å². The number of benzene rings is 2. The molecule has 238 valence electrons. The molecule has 46 heavy (non-hydrogen) atoms. The Morgan fingerprint density at radius 2 is 1.85 bits per heavy atom. The second kappa shape index (κ2) is 13.2. The van der Waals surface area contributed by atoms with E-state index in [2.05, 4.69) is 20.6 Å². The number of aromatic nitrogens is 2. The van der Waals surface area contributed by atoms with E-state index in [4.69, 9.17) is 22.1 Å². The number of methoxy groups -OCH3 is 1. The normalized spacial score (nSPS) is 20.6. The summed E-state index contributed by atoms with van der Waals surface area (Å²) in [4.78, 5) is 37.8. The lowest BCUT2D eigenvalue weighted by atomic mass is 9.82. The molecule has 4 N–H and O–H groups in total. The monoisotopic (exact) mass is 642 g/mol. The Balaban J connectivity index is 1.30. The minimum absolute atomic E-state index is 0.0333. The average Bonchev–Trinajstić information content (AvgIpc) is 3.83. The van der Waals surface area contributed by atoms with Crippen molar-refractivity contribution < 1.29 is 18.7 Å². The van der Waals surface area contributed by atoms with Gasteiger partial charge < -0.3 is 20.7 Å². The molecule has 0 bridgehead atoms. The molecular weight excluding hydrogens is 607 g/mol. The van der Waals surface area contributed by atoms with Gasteiger partial charge in [-0.3, -0.25) is 15.1 Å². The van der Waals surface area contributed by atoms with Crippen LogP contribution in [-0.4, -0.2) is 46.5 Å². The van der Waals surface area contributed by atoms with Crippen LogP contribution in [0.4, 0.5) is 20.7 Å². The number of urea groups is 1. The fourth-order valence-electron chi connectivity index (χ4n) is 6.17. The lowest BCUT2D eigenvalue weighted by molar-refractivity contribution is -0.119. The van der Waals surface area contributed by atoms with Crippen LogP contribution in [0, 0.1) is 11.7 Å². The number of ether oxygens (including phenoxy) is 1. The first-order valence-corrected chi connectivity index (χ1v) is 15.7. The predicted molar refractivity (Wildman–Crippen MR) is 175 cm³/mol. The molecule has 2 aliphatic rings. The number of anilines is 2. The van der Waals surface area contributed by atoms with Gasteiger partial charge in [-0.25, -0.2) is 14.2 Å². The molecule has 1 aliphatic heterocycles. The Bertz CT molecular complexity index is 1690. The number of carbonyl (C=O) groups is 2. The van der Waals surface area contributed by atoms with E-state index in [9.17, 15) is 9.59 Å². The molecule has 1 aliphatic carbocycles. The van der Waals surface area contributed by atoms with Crippen LogP contribution < -0.4 is 16.4 Å². The second-order valence-corrected chi connectivity index (χ2v) is 12.5. The molecule has 1 saturated heterocycles. The van der Waals surface area contributed by atoms with Crippen LogP contribution in [0.5, 0.6) is 0 Å². The number of nitrogens with two attached hydrogens (primary N) is 1. The molecule has 3 unspecified atom stereocenters. The number of amides is 3. The number of halogens is 2. The van der Waals surface area contributed by atoms with Crippen LogP contribution in [0.25, 0.3) is 0 Å². The average molecular weight is 643 g/mol. The van der Waals surface area contributed by atoms with E-state index >= 15 is 4.39 Å². The summed E-state index contributed by atoms with van der Waals surface area (Å²) in [5.41, 5.74) is 7.17. The molecule has 3 heterocycles. The molecule has 2 aromatic carbocycles. The topological polar surface area (TPSA) is 122 Å². The number of hydrogen-bond acceptors (Lipinski definition) is 6. The molecule has 0 spiro atoms. The smallest absolute Gasteiger partial charge is 0.323 e. The number of nitrogens with zero attached hydrogens (tertiary/aromatic N) is 3. The summed E-state index contributed by atoms with van der Waals surface area (Å²) < 4.78 is 21.4. The van der Waals surface area contributed by atoms with Gasteiger partial charge in [0.15, 0.2) is 0 Å². The maximum atomic E-state index is 15.4. The molecule has 3 amide bonds. The van der Waals surface area contributed by atoms with Crippen LogP contribution in [0.2, 0.25) is 5.02 Å². The Kier molecular flexibility index (Phi) is 9.04. The van der Waals surface area contributed by atoms with E-state index in [1.807, 2.05) is 48.5 Å². The summed E-state index contributed by atoms with van der Waals surface area (Å²) in [7, 11) is 1.55. The minimum Gasteiger partial charge on any atom is -0.372 e. The maximum absolute atomic E-state index is 15.4. The first-order chi connectivity index (χ1) is 22.2. The first kappa shape index (κ1) is 31.6. The first-order valence-electron chi connectivity index (χ1n) is 15.3. The van der Waals surface area contributed by atoms with E-state index < -0.39 is 34.9 Å². The van der Waals surface area contributed by atoms with Gasteiger partial charge in [0.1, 0.15) is 23.3 Å². The molecular formula is C35H36ClFN6O3. The minimum atomic E-state index is -1.01. The quantitative estimate of drug-likeness (QED) is 0.183. The van der Waals surface area contributed by atoms with Gasteiger partial charge in [0.2, 0.25) is 5.91 Å². The van der Waals surface area contributed by atoms with Crippen LogP contribution in [0.3, 0.4) is 0 Å². The zero-order valence-corrected chi connectivity index (χ0v) is 26.2. The maximum Gasteiger partial charge on any atom is 0.323 e. The van der Waals surface area contributed by atoms with Gasteiger partial charge in [-0.2, -0.15) is 0 Å². The summed E-state index contributed by atoms with van der Waals surface area (Å²) in [6, 6.07) is 21.1. The second-order valence-electron chi connectivity index (χ2n) is 12.1. The number of nitrogens with one attached hydrogen (secondary N) is 2. The number of carbonyl (C=O) groups excluding carboxylic acids is 2. The summed E-state index contributed by atoms with van der Waals surface area (Å²) in [6.45, 7) is 0.0697. The van der Waals surface area contributed by atoms with Gasteiger partial charge in [-0.05, 0) is 66.3 Å². The molecule has 2 aromatic heterocycles. The molecule has 4 aromatic rings. The van der Waals surface area contributed by atoms with Crippen molar-refractivity contribution in [2.45, 2.75) is 49.3 Å². The largest absolute Gasteiger partial charge is 0.372 e. The van der Waals surface area contributed by atoms with Gasteiger partial charge in [0.25, 0.3) is 0 Å². The fourth-order valence-corrected chi connectivity index (χ4v) is 6.28. The Labute approximate surface area is 272 Å².